The van der Waals surface area contributed by atoms with E-state index in [1.807, 2.05) is 37.3 Å². The highest BCUT2D eigenvalue weighted by atomic mass is 16.5. The third-order valence-electron chi connectivity index (χ3n) is 5.49. The van der Waals surface area contributed by atoms with E-state index in [1.54, 1.807) is 18.2 Å². The van der Waals surface area contributed by atoms with Crippen molar-refractivity contribution < 1.29 is 24.2 Å². The van der Waals surface area contributed by atoms with Crippen LogP contribution < -0.4 is 10.1 Å². The third-order valence-corrected chi connectivity index (χ3v) is 5.49. The van der Waals surface area contributed by atoms with Crippen molar-refractivity contribution in [3.63, 3.8) is 0 Å². The number of piperidine rings is 1. The van der Waals surface area contributed by atoms with Crippen LogP contribution in [0.1, 0.15) is 28.8 Å². The van der Waals surface area contributed by atoms with Gasteiger partial charge in [0.25, 0.3) is 5.91 Å². The lowest BCUT2D eigenvalue weighted by atomic mass is 10.1. The number of hydrogen-bond acceptors (Lipinski definition) is 4. The van der Waals surface area contributed by atoms with E-state index in [9.17, 15) is 19.5 Å². The fourth-order valence-electron chi connectivity index (χ4n) is 3.91. The second kappa shape index (κ2) is 7.58. The first-order valence-corrected chi connectivity index (χ1v) is 9.60. The maximum atomic E-state index is 12.5. The van der Waals surface area contributed by atoms with Gasteiger partial charge in [-0.2, -0.15) is 0 Å². The molecule has 0 aromatic heterocycles. The molecule has 7 nitrogen and oxygen atoms in total. The summed E-state index contributed by atoms with van der Waals surface area (Å²) < 4.78 is 5.81. The van der Waals surface area contributed by atoms with Crippen molar-refractivity contribution in [2.75, 3.05) is 6.54 Å². The van der Waals surface area contributed by atoms with Crippen LogP contribution in [0, 0.1) is 12.8 Å². The molecule has 1 saturated heterocycles. The fourth-order valence-corrected chi connectivity index (χ4v) is 3.91. The highest BCUT2D eigenvalue weighted by molar-refractivity contribution is 5.97. The number of carboxylic acid groups (broad SMARTS) is 1. The first-order valence-electron chi connectivity index (χ1n) is 9.60. The zero-order valence-corrected chi connectivity index (χ0v) is 16.0. The van der Waals surface area contributed by atoms with Crippen LogP contribution in [0.15, 0.2) is 48.5 Å². The Balaban J connectivity index is 1.37. The first-order chi connectivity index (χ1) is 13.9. The summed E-state index contributed by atoms with van der Waals surface area (Å²) in [7, 11) is 0. The van der Waals surface area contributed by atoms with Crippen LogP contribution in [-0.2, 0) is 9.59 Å². The van der Waals surface area contributed by atoms with E-state index < -0.39 is 12.0 Å². The highest BCUT2D eigenvalue weighted by Crippen LogP contribution is 2.47. The number of likely N-dealkylation sites (tertiary alicyclic amines) is 1. The number of carboxylic acids is 1. The standard InChI is InChI=1S/C22H22N2O5/c1-13-9-14(7-8-19(13)29-16-5-3-2-4-6-16)21(26)23-12-20(25)24-17-10-15(17)11-18(24)22(27)28/h2-9,15,17-18H,10-12H2,1H3,(H,23,26)(H,27,28). The van der Waals surface area contributed by atoms with Gasteiger partial charge < -0.3 is 20.1 Å². The summed E-state index contributed by atoms with van der Waals surface area (Å²) in [6.45, 7) is 1.63. The summed E-state index contributed by atoms with van der Waals surface area (Å²) >= 11 is 0. The molecule has 2 aromatic carbocycles. The number of para-hydroxylation sites is 1. The maximum Gasteiger partial charge on any atom is 0.326 e. The molecule has 2 fully saturated rings. The lowest BCUT2D eigenvalue weighted by molar-refractivity contribution is -0.149. The largest absolute Gasteiger partial charge is 0.480 e. The number of aryl methyl sites for hydroxylation is 1. The van der Waals surface area contributed by atoms with E-state index in [-0.39, 0.29) is 30.3 Å². The molecule has 7 heteroatoms. The van der Waals surface area contributed by atoms with Crippen LogP contribution in [-0.4, -0.2) is 46.4 Å². The Morgan fingerprint density at radius 1 is 1.14 bits per heavy atom. The second-order valence-electron chi connectivity index (χ2n) is 7.53. The quantitative estimate of drug-likeness (QED) is 0.785. The van der Waals surface area contributed by atoms with Gasteiger partial charge in [-0.15, -0.1) is 0 Å². The lowest BCUT2D eigenvalue weighted by Gasteiger charge is -2.24. The predicted octanol–water partition coefficient (Wildman–Crippen LogP) is 2.59. The minimum atomic E-state index is -0.985. The van der Waals surface area contributed by atoms with Gasteiger partial charge in [0.15, 0.2) is 0 Å². The number of aliphatic carboxylic acids is 1. The molecule has 4 rings (SSSR count). The molecule has 1 heterocycles. The van der Waals surface area contributed by atoms with Gasteiger partial charge in [-0.25, -0.2) is 4.79 Å². The van der Waals surface area contributed by atoms with E-state index in [0.29, 0.717) is 23.5 Å². The van der Waals surface area contributed by atoms with Gasteiger partial charge >= 0.3 is 5.97 Å². The summed E-state index contributed by atoms with van der Waals surface area (Å²) in [5, 5.41) is 11.9. The van der Waals surface area contributed by atoms with E-state index in [2.05, 4.69) is 5.32 Å². The molecule has 0 spiro atoms. The van der Waals surface area contributed by atoms with Crippen molar-refractivity contribution in [1.82, 2.24) is 10.2 Å². The Morgan fingerprint density at radius 2 is 1.90 bits per heavy atom. The van der Waals surface area contributed by atoms with E-state index in [4.69, 9.17) is 4.74 Å². The number of amides is 2. The third kappa shape index (κ3) is 3.94. The second-order valence-corrected chi connectivity index (χ2v) is 7.53. The Hall–Kier alpha value is -3.35. The van der Waals surface area contributed by atoms with Gasteiger partial charge in [0.1, 0.15) is 17.5 Å². The Labute approximate surface area is 168 Å². The van der Waals surface area contributed by atoms with Crippen LogP contribution >= 0.6 is 0 Å². The van der Waals surface area contributed by atoms with Gasteiger partial charge in [0, 0.05) is 11.6 Å². The van der Waals surface area contributed by atoms with E-state index in [0.717, 1.165) is 12.0 Å². The minimum absolute atomic E-state index is 0.0113. The number of nitrogens with zero attached hydrogens (tertiary/aromatic N) is 1. The summed E-state index contributed by atoms with van der Waals surface area (Å²) in [4.78, 5) is 37.7. The Kier molecular flexibility index (Phi) is 4.96. The van der Waals surface area contributed by atoms with Crippen LogP contribution in [0.5, 0.6) is 11.5 Å². The molecular weight excluding hydrogens is 372 g/mol. The number of hydrogen-bond donors (Lipinski definition) is 2. The summed E-state index contributed by atoms with van der Waals surface area (Å²) in [5.74, 6) is -0.0833. The zero-order chi connectivity index (χ0) is 20.5. The number of carbonyl (C=O) groups is 3. The Bertz CT molecular complexity index is 959. The molecule has 2 amide bonds. The molecule has 3 atom stereocenters. The van der Waals surface area contributed by atoms with Crippen molar-refractivity contribution >= 4 is 17.8 Å². The average molecular weight is 394 g/mol. The molecule has 2 N–H and O–H groups in total. The highest BCUT2D eigenvalue weighted by Gasteiger charge is 2.56. The van der Waals surface area contributed by atoms with Gasteiger partial charge in [-0.3, -0.25) is 9.59 Å². The molecule has 1 saturated carbocycles. The summed E-state index contributed by atoms with van der Waals surface area (Å²) in [5.41, 5.74) is 1.20. The number of rotatable bonds is 6. The summed E-state index contributed by atoms with van der Waals surface area (Å²) in [6, 6.07) is 13.6. The predicted molar refractivity (Wildman–Crippen MR) is 105 cm³/mol. The monoisotopic (exact) mass is 394 g/mol. The molecule has 2 aromatic rings. The van der Waals surface area contributed by atoms with Crippen molar-refractivity contribution in [2.45, 2.75) is 31.8 Å². The number of carbonyl (C=O) groups excluding carboxylic acids is 2. The van der Waals surface area contributed by atoms with Crippen molar-refractivity contribution in [3.8, 4) is 11.5 Å². The molecule has 1 aliphatic carbocycles. The normalized spacial score (nSPS) is 22.0. The van der Waals surface area contributed by atoms with E-state index in [1.165, 1.54) is 4.90 Å². The fraction of sp³-hybridized carbons (Fsp3) is 0.318. The zero-order valence-electron chi connectivity index (χ0n) is 16.0. The minimum Gasteiger partial charge on any atom is -0.480 e. The SMILES string of the molecule is Cc1cc(C(=O)NCC(=O)N2C(C(=O)O)CC3CC32)ccc1Oc1ccccc1. The molecule has 29 heavy (non-hydrogen) atoms. The number of nitrogens with one attached hydrogen (secondary N) is 1. The van der Waals surface area contributed by atoms with Crippen LogP contribution in [0.2, 0.25) is 0 Å². The summed E-state index contributed by atoms with van der Waals surface area (Å²) in [6.07, 6.45) is 1.35. The molecular formula is C22H22N2O5. The van der Waals surface area contributed by atoms with Gasteiger partial charge in [-0.05, 0) is 61.6 Å². The van der Waals surface area contributed by atoms with Crippen LogP contribution in [0.3, 0.4) is 0 Å². The van der Waals surface area contributed by atoms with Gasteiger partial charge in [0.05, 0.1) is 6.54 Å². The molecule has 3 unspecified atom stereocenters. The van der Waals surface area contributed by atoms with Crippen molar-refractivity contribution in [1.29, 1.82) is 0 Å². The van der Waals surface area contributed by atoms with Crippen molar-refractivity contribution in [3.05, 3.63) is 59.7 Å². The first kappa shape index (κ1) is 19.0. The van der Waals surface area contributed by atoms with Crippen LogP contribution in [0.4, 0.5) is 0 Å². The number of benzene rings is 2. The molecule has 0 bridgehead atoms. The molecule has 2 aliphatic rings. The maximum absolute atomic E-state index is 12.5. The number of ether oxygens (including phenoxy) is 1. The number of fused-ring (bicyclic) bond motifs is 1. The van der Waals surface area contributed by atoms with E-state index >= 15 is 0 Å². The topological polar surface area (TPSA) is 95.9 Å². The van der Waals surface area contributed by atoms with Gasteiger partial charge in [0.2, 0.25) is 5.91 Å². The molecule has 1 aliphatic heterocycles. The van der Waals surface area contributed by atoms with Crippen LogP contribution in [0.25, 0.3) is 0 Å². The smallest absolute Gasteiger partial charge is 0.326 e. The molecule has 0 radical (unpaired) electrons. The van der Waals surface area contributed by atoms with Crippen molar-refractivity contribution in [2.24, 2.45) is 5.92 Å². The lowest BCUT2D eigenvalue weighted by Crippen LogP contribution is -2.47. The molecule has 150 valence electrons. The Morgan fingerprint density at radius 3 is 2.59 bits per heavy atom. The van der Waals surface area contributed by atoms with Gasteiger partial charge in [-0.1, -0.05) is 18.2 Å². The average Bonchev–Trinajstić information content (AvgIpc) is 3.37.